The molecule has 2 aromatic rings. The van der Waals surface area contributed by atoms with Crippen molar-refractivity contribution in [3.63, 3.8) is 0 Å². The average Bonchev–Trinajstić information content (AvgIpc) is 3.06. The molecule has 2 N–H and O–H groups in total. The van der Waals surface area contributed by atoms with Gasteiger partial charge in [0.15, 0.2) is 0 Å². The summed E-state index contributed by atoms with van der Waals surface area (Å²) >= 11 is 0. The van der Waals surface area contributed by atoms with E-state index in [1.807, 2.05) is 0 Å². The number of hydrogen-bond donors (Lipinski definition) is 2. The minimum atomic E-state index is -0.874. The summed E-state index contributed by atoms with van der Waals surface area (Å²) < 4.78 is 15.4. The molecule has 0 unspecified atom stereocenters. The molecule has 8 heteroatoms. The fraction of sp³-hybridized carbons (Fsp3) is 0.421. The summed E-state index contributed by atoms with van der Waals surface area (Å²) in [5, 5.41) is 9.81. The van der Waals surface area contributed by atoms with Crippen LogP contribution in [-0.2, 0) is 11.3 Å². The fourth-order valence-electron chi connectivity index (χ4n) is 3.07. The van der Waals surface area contributed by atoms with E-state index in [-0.39, 0.29) is 5.91 Å². The Morgan fingerprint density at radius 2 is 2.22 bits per heavy atom. The molecule has 0 saturated carbocycles. The topological polar surface area (TPSA) is 79.3 Å². The minimum Gasteiger partial charge on any atom is -0.352 e. The molecule has 0 spiro atoms. The van der Waals surface area contributed by atoms with Gasteiger partial charge in [0.2, 0.25) is 5.91 Å². The second kappa shape index (κ2) is 8.20. The Kier molecular flexibility index (Phi) is 5.73. The van der Waals surface area contributed by atoms with E-state index in [0.29, 0.717) is 36.9 Å². The average molecular weight is 373 g/mol. The number of amides is 3. The first kappa shape index (κ1) is 18.9. The van der Waals surface area contributed by atoms with Crippen LogP contribution in [0.4, 0.5) is 15.0 Å². The van der Waals surface area contributed by atoms with E-state index in [1.165, 1.54) is 23.1 Å². The maximum absolute atomic E-state index is 13.6. The van der Waals surface area contributed by atoms with Crippen LogP contribution in [0.1, 0.15) is 31.9 Å². The Balaban J connectivity index is 1.78. The SMILES string of the molecule is CC(C)CCn1nccc1NC(=O)N1CCNC(=O)[C@@H]1c1cccc(F)c1. The Labute approximate surface area is 157 Å². The van der Waals surface area contributed by atoms with Crippen LogP contribution in [0.3, 0.4) is 0 Å². The Hall–Kier alpha value is -2.90. The van der Waals surface area contributed by atoms with Crippen molar-refractivity contribution in [2.75, 3.05) is 18.4 Å². The highest BCUT2D eigenvalue weighted by atomic mass is 19.1. The molecular formula is C19H24FN5O2. The van der Waals surface area contributed by atoms with E-state index in [0.717, 1.165) is 6.42 Å². The first-order valence-electron chi connectivity index (χ1n) is 9.08. The van der Waals surface area contributed by atoms with E-state index in [9.17, 15) is 14.0 Å². The predicted molar refractivity (Wildman–Crippen MR) is 99.6 cm³/mol. The lowest BCUT2D eigenvalue weighted by atomic mass is 10.0. The number of halogens is 1. The molecule has 3 amide bonds. The molecule has 0 aliphatic carbocycles. The zero-order valence-corrected chi connectivity index (χ0v) is 15.5. The first-order valence-corrected chi connectivity index (χ1v) is 9.08. The molecule has 1 saturated heterocycles. The number of benzene rings is 1. The van der Waals surface area contributed by atoms with Crippen molar-refractivity contribution in [1.82, 2.24) is 20.0 Å². The monoisotopic (exact) mass is 373 g/mol. The van der Waals surface area contributed by atoms with Gasteiger partial charge in [-0.05, 0) is 30.0 Å². The molecule has 7 nitrogen and oxygen atoms in total. The highest BCUT2D eigenvalue weighted by Gasteiger charge is 2.34. The number of nitrogens with zero attached hydrogens (tertiary/aromatic N) is 3. The number of rotatable bonds is 5. The van der Waals surface area contributed by atoms with Crippen LogP contribution in [0.15, 0.2) is 36.5 Å². The molecule has 27 heavy (non-hydrogen) atoms. The minimum absolute atomic E-state index is 0.324. The van der Waals surface area contributed by atoms with Gasteiger partial charge in [-0.25, -0.2) is 13.9 Å². The van der Waals surface area contributed by atoms with Gasteiger partial charge in [0.1, 0.15) is 17.7 Å². The number of aromatic nitrogens is 2. The molecule has 0 bridgehead atoms. The number of nitrogens with one attached hydrogen (secondary N) is 2. The van der Waals surface area contributed by atoms with Gasteiger partial charge in [-0.1, -0.05) is 26.0 Å². The molecule has 1 aliphatic heterocycles. The normalized spacial score (nSPS) is 17.1. The summed E-state index contributed by atoms with van der Waals surface area (Å²) in [5.74, 6) is 0.318. The summed E-state index contributed by atoms with van der Waals surface area (Å²) in [5.41, 5.74) is 0.440. The third kappa shape index (κ3) is 4.45. The lowest BCUT2D eigenvalue weighted by molar-refractivity contribution is -0.127. The van der Waals surface area contributed by atoms with E-state index in [4.69, 9.17) is 0 Å². The van der Waals surface area contributed by atoms with Gasteiger partial charge in [-0.3, -0.25) is 10.1 Å². The second-order valence-electron chi connectivity index (χ2n) is 6.99. The maximum Gasteiger partial charge on any atom is 0.324 e. The fourth-order valence-corrected chi connectivity index (χ4v) is 3.07. The molecule has 1 aromatic heterocycles. The smallest absolute Gasteiger partial charge is 0.324 e. The van der Waals surface area contributed by atoms with Crippen LogP contribution in [0.5, 0.6) is 0 Å². The third-order valence-electron chi connectivity index (χ3n) is 4.51. The lowest BCUT2D eigenvalue weighted by Crippen LogP contribution is -2.53. The highest BCUT2D eigenvalue weighted by Crippen LogP contribution is 2.25. The molecule has 1 atom stereocenters. The Bertz CT molecular complexity index is 820. The van der Waals surface area contributed by atoms with Gasteiger partial charge in [-0.2, -0.15) is 5.10 Å². The summed E-state index contributed by atoms with van der Waals surface area (Å²) in [7, 11) is 0. The number of aryl methyl sites for hydroxylation is 1. The van der Waals surface area contributed by atoms with Crippen molar-refractivity contribution in [2.24, 2.45) is 5.92 Å². The molecular weight excluding hydrogens is 349 g/mol. The molecule has 2 heterocycles. The van der Waals surface area contributed by atoms with Crippen molar-refractivity contribution >= 4 is 17.8 Å². The van der Waals surface area contributed by atoms with E-state index < -0.39 is 17.9 Å². The Morgan fingerprint density at radius 1 is 1.41 bits per heavy atom. The summed E-state index contributed by atoms with van der Waals surface area (Å²) in [6, 6.07) is 6.20. The number of anilines is 1. The van der Waals surface area contributed by atoms with Crippen molar-refractivity contribution in [3.8, 4) is 0 Å². The molecule has 1 fully saturated rings. The van der Waals surface area contributed by atoms with Crippen molar-refractivity contribution < 1.29 is 14.0 Å². The highest BCUT2D eigenvalue weighted by molar-refractivity contribution is 5.94. The third-order valence-corrected chi connectivity index (χ3v) is 4.51. The number of urea groups is 1. The lowest BCUT2D eigenvalue weighted by Gasteiger charge is -2.35. The largest absolute Gasteiger partial charge is 0.352 e. The standard InChI is InChI=1S/C19H24FN5O2/c1-13(2)7-10-25-16(6-8-22-25)23-19(27)24-11-9-21-18(26)17(24)14-4-3-5-15(20)12-14/h3-6,8,12-13,17H,7,9-11H2,1-2H3,(H,21,26)(H,23,27)/t17-/m0/s1. The number of carbonyl (C=O) groups excluding carboxylic acids is 2. The maximum atomic E-state index is 13.6. The van der Waals surface area contributed by atoms with Crippen LogP contribution < -0.4 is 10.6 Å². The summed E-state index contributed by atoms with van der Waals surface area (Å²) in [4.78, 5) is 26.7. The predicted octanol–water partition coefficient (Wildman–Crippen LogP) is 2.77. The Morgan fingerprint density at radius 3 is 2.96 bits per heavy atom. The van der Waals surface area contributed by atoms with Gasteiger partial charge in [0.25, 0.3) is 0 Å². The van der Waals surface area contributed by atoms with E-state index >= 15 is 0 Å². The zero-order valence-electron chi connectivity index (χ0n) is 15.5. The van der Waals surface area contributed by atoms with Gasteiger partial charge in [-0.15, -0.1) is 0 Å². The van der Waals surface area contributed by atoms with Gasteiger partial charge >= 0.3 is 6.03 Å². The van der Waals surface area contributed by atoms with Crippen molar-refractivity contribution in [1.29, 1.82) is 0 Å². The molecule has 1 aliphatic rings. The van der Waals surface area contributed by atoms with E-state index in [2.05, 4.69) is 29.6 Å². The molecule has 3 rings (SSSR count). The first-order chi connectivity index (χ1) is 13.0. The summed E-state index contributed by atoms with van der Waals surface area (Å²) in [6.45, 7) is 5.62. The van der Waals surface area contributed by atoms with Crippen molar-refractivity contribution in [2.45, 2.75) is 32.9 Å². The molecule has 144 valence electrons. The quantitative estimate of drug-likeness (QED) is 0.846. The summed E-state index contributed by atoms with van der Waals surface area (Å²) in [6.07, 6.45) is 2.56. The van der Waals surface area contributed by atoms with Crippen LogP contribution in [0.2, 0.25) is 0 Å². The molecule has 0 radical (unpaired) electrons. The van der Waals surface area contributed by atoms with Crippen LogP contribution in [0.25, 0.3) is 0 Å². The number of hydrogen-bond acceptors (Lipinski definition) is 3. The van der Waals surface area contributed by atoms with Gasteiger partial charge in [0, 0.05) is 25.7 Å². The van der Waals surface area contributed by atoms with Gasteiger partial charge < -0.3 is 10.2 Å². The van der Waals surface area contributed by atoms with Gasteiger partial charge in [0.05, 0.1) is 6.20 Å². The van der Waals surface area contributed by atoms with Crippen molar-refractivity contribution in [3.05, 3.63) is 47.9 Å². The van der Waals surface area contributed by atoms with Crippen LogP contribution >= 0.6 is 0 Å². The molecule has 1 aromatic carbocycles. The number of carbonyl (C=O) groups is 2. The van der Waals surface area contributed by atoms with Crippen LogP contribution in [0, 0.1) is 11.7 Å². The van der Waals surface area contributed by atoms with E-state index in [1.54, 1.807) is 23.0 Å². The number of piperazine rings is 1. The zero-order chi connectivity index (χ0) is 19.4. The van der Waals surface area contributed by atoms with Crippen LogP contribution in [-0.4, -0.2) is 39.7 Å². The second-order valence-corrected chi connectivity index (χ2v) is 6.99.